The zero-order valence-corrected chi connectivity index (χ0v) is 13.6. The summed E-state index contributed by atoms with van der Waals surface area (Å²) in [6.45, 7) is 6.42. The number of benzene rings is 1. The quantitative estimate of drug-likeness (QED) is 0.907. The van der Waals surface area contributed by atoms with Gasteiger partial charge in [-0.05, 0) is 37.0 Å². The lowest BCUT2D eigenvalue weighted by atomic mass is 9.92. The molecule has 2 N–H and O–H groups in total. The summed E-state index contributed by atoms with van der Waals surface area (Å²) in [5.41, 5.74) is 10.6. The molecule has 0 saturated carbocycles. The minimum atomic E-state index is 0.427. The summed E-state index contributed by atoms with van der Waals surface area (Å²) in [5.74, 6) is 2.02. The van der Waals surface area contributed by atoms with Gasteiger partial charge < -0.3 is 10.5 Å². The molecule has 0 aliphatic rings. The Kier molecular flexibility index (Phi) is 4.56. The minimum Gasteiger partial charge on any atom is -0.496 e. The van der Waals surface area contributed by atoms with E-state index in [1.54, 1.807) is 11.8 Å². The van der Waals surface area contributed by atoms with Crippen molar-refractivity contribution in [2.45, 2.75) is 39.5 Å². The number of methoxy groups -OCH3 is 1. The number of nitrogen functional groups attached to an aromatic ring is 1. The van der Waals surface area contributed by atoms with Crippen molar-refractivity contribution in [3.05, 3.63) is 29.5 Å². The van der Waals surface area contributed by atoms with Crippen molar-refractivity contribution in [1.29, 1.82) is 0 Å². The number of rotatable bonds is 5. The average molecular weight is 287 g/mol. The van der Waals surface area contributed by atoms with Crippen molar-refractivity contribution in [2.24, 2.45) is 7.05 Å². The summed E-state index contributed by atoms with van der Waals surface area (Å²) in [6.07, 6.45) is 2.12. The first-order valence-corrected chi connectivity index (χ1v) is 7.50. The Hall–Kier alpha value is -1.97. The molecule has 4 heteroatoms. The second-order valence-corrected chi connectivity index (χ2v) is 5.47. The van der Waals surface area contributed by atoms with E-state index < -0.39 is 0 Å². The largest absolute Gasteiger partial charge is 0.496 e. The monoisotopic (exact) mass is 287 g/mol. The van der Waals surface area contributed by atoms with Gasteiger partial charge in [0.15, 0.2) is 0 Å². The second kappa shape index (κ2) is 6.20. The molecule has 0 bridgehead atoms. The van der Waals surface area contributed by atoms with Gasteiger partial charge in [-0.25, -0.2) is 0 Å². The van der Waals surface area contributed by atoms with Gasteiger partial charge in [-0.2, -0.15) is 5.10 Å². The van der Waals surface area contributed by atoms with Crippen molar-refractivity contribution < 1.29 is 4.74 Å². The highest BCUT2D eigenvalue weighted by atomic mass is 16.5. The SMILES string of the molecule is CCC(CC)c1nn(C)c(N)c1-c1ccc(C)c(OC)c1. The predicted octanol–water partition coefficient (Wildman–Crippen LogP) is 3.89. The third-order valence-corrected chi connectivity index (χ3v) is 4.19. The third kappa shape index (κ3) is 2.75. The molecule has 0 amide bonds. The van der Waals surface area contributed by atoms with E-state index in [-0.39, 0.29) is 0 Å². The fraction of sp³-hybridized carbons (Fsp3) is 0.471. The van der Waals surface area contributed by atoms with Crippen molar-refractivity contribution in [2.75, 3.05) is 12.8 Å². The van der Waals surface area contributed by atoms with Crippen molar-refractivity contribution >= 4 is 5.82 Å². The Morgan fingerprint density at radius 1 is 1.29 bits per heavy atom. The normalized spacial score (nSPS) is 11.1. The van der Waals surface area contributed by atoms with Crippen molar-refractivity contribution in [3.63, 3.8) is 0 Å². The Balaban J connectivity index is 2.62. The highest BCUT2D eigenvalue weighted by molar-refractivity contribution is 5.78. The van der Waals surface area contributed by atoms with Crippen LogP contribution in [0, 0.1) is 6.92 Å². The first-order valence-electron chi connectivity index (χ1n) is 7.50. The van der Waals surface area contributed by atoms with Crippen LogP contribution in [0.1, 0.15) is 43.9 Å². The smallest absolute Gasteiger partial charge is 0.129 e. The molecule has 0 aliphatic heterocycles. The summed E-state index contributed by atoms with van der Waals surface area (Å²) < 4.78 is 7.21. The topological polar surface area (TPSA) is 53.1 Å². The molecule has 0 saturated heterocycles. The van der Waals surface area contributed by atoms with E-state index >= 15 is 0 Å². The van der Waals surface area contributed by atoms with Crippen molar-refractivity contribution in [3.8, 4) is 16.9 Å². The van der Waals surface area contributed by atoms with Gasteiger partial charge in [0.25, 0.3) is 0 Å². The Morgan fingerprint density at radius 3 is 2.52 bits per heavy atom. The van der Waals surface area contributed by atoms with Crippen LogP contribution in [0.4, 0.5) is 5.82 Å². The van der Waals surface area contributed by atoms with E-state index in [1.807, 2.05) is 14.0 Å². The Morgan fingerprint density at radius 2 is 1.95 bits per heavy atom. The number of nitrogens with zero attached hydrogens (tertiary/aromatic N) is 2. The Bertz CT molecular complexity index is 627. The standard InChI is InChI=1S/C17H25N3O/c1-6-12(7-2)16-15(17(18)20(4)19-16)13-9-8-11(3)14(10-13)21-5/h8-10,12H,6-7,18H2,1-5H3. The summed E-state index contributed by atoms with van der Waals surface area (Å²) in [5, 5.41) is 4.66. The van der Waals surface area contributed by atoms with Crippen molar-refractivity contribution in [1.82, 2.24) is 9.78 Å². The zero-order valence-electron chi connectivity index (χ0n) is 13.6. The van der Waals surface area contributed by atoms with E-state index in [2.05, 4.69) is 37.1 Å². The van der Waals surface area contributed by atoms with Crippen LogP contribution < -0.4 is 10.5 Å². The number of ether oxygens (including phenoxy) is 1. The Labute approximate surface area is 126 Å². The molecular formula is C17H25N3O. The lowest BCUT2D eigenvalue weighted by molar-refractivity contribution is 0.412. The van der Waals surface area contributed by atoms with Crippen LogP contribution in [0.25, 0.3) is 11.1 Å². The minimum absolute atomic E-state index is 0.427. The van der Waals surface area contributed by atoms with E-state index in [0.717, 1.165) is 41.0 Å². The maximum Gasteiger partial charge on any atom is 0.129 e. The first kappa shape index (κ1) is 15.4. The van der Waals surface area contributed by atoms with E-state index in [0.29, 0.717) is 11.7 Å². The van der Waals surface area contributed by atoms with E-state index in [9.17, 15) is 0 Å². The van der Waals surface area contributed by atoms with Crippen LogP contribution in [0.3, 0.4) is 0 Å². The van der Waals surface area contributed by atoms with Gasteiger partial charge in [-0.3, -0.25) is 4.68 Å². The van der Waals surface area contributed by atoms with Gasteiger partial charge in [0, 0.05) is 18.5 Å². The maximum absolute atomic E-state index is 6.27. The van der Waals surface area contributed by atoms with Gasteiger partial charge in [0.05, 0.1) is 12.8 Å². The fourth-order valence-electron chi connectivity index (χ4n) is 2.79. The summed E-state index contributed by atoms with van der Waals surface area (Å²) in [7, 11) is 3.59. The maximum atomic E-state index is 6.27. The fourth-order valence-corrected chi connectivity index (χ4v) is 2.79. The zero-order chi connectivity index (χ0) is 15.6. The molecule has 2 rings (SSSR count). The number of aryl methyl sites for hydroxylation is 2. The van der Waals surface area contributed by atoms with Crippen LogP contribution in [-0.2, 0) is 7.05 Å². The molecule has 4 nitrogen and oxygen atoms in total. The molecule has 0 spiro atoms. The highest BCUT2D eigenvalue weighted by Gasteiger charge is 2.21. The van der Waals surface area contributed by atoms with Gasteiger partial charge >= 0.3 is 0 Å². The molecule has 2 aromatic rings. The number of hydrogen-bond acceptors (Lipinski definition) is 3. The molecule has 0 radical (unpaired) electrons. The second-order valence-electron chi connectivity index (χ2n) is 5.47. The average Bonchev–Trinajstić information content (AvgIpc) is 2.77. The van der Waals surface area contributed by atoms with Gasteiger partial charge in [-0.1, -0.05) is 26.0 Å². The lowest BCUT2D eigenvalue weighted by Gasteiger charge is -2.13. The first-order chi connectivity index (χ1) is 10.0. The molecule has 0 aliphatic carbocycles. The molecular weight excluding hydrogens is 262 g/mol. The van der Waals surface area contributed by atoms with Crippen LogP contribution >= 0.6 is 0 Å². The predicted molar refractivity (Wildman–Crippen MR) is 87.7 cm³/mol. The molecule has 1 heterocycles. The number of anilines is 1. The number of nitrogens with two attached hydrogens (primary N) is 1. The molecule has 1 aromatic carbocycles. The van der Waals surface area contributed by atoms with Crippen LogP contribution in [0.2, 0.25) is 0 Å². The van der Waals surface area contributed by atoms with Crippen LogP contribution in [0.5, 0.6) is 5.75 Å². The number of hydrogen-bond donors (Lipinski definition) is 1. The van der Waals surface area contributed by atoms with E-state index in [1.165, 1.54) is 0 Å². The van der Waals surface area contributed by atoms with Gasteiger partial charge in [0.2, 0.25) is 0 Å². The molecule has 0 fully saturated rings. The highest BCUT2D eigenvalue weighted by Crippen LogP contribution is 2.38. The summed E-state index contributed by atoms with van der Waals surface area (Å²) in [4.78, 5) is 0. The van der Waals surface area contributed by atoms with Crippen LogP contribution in [-0.4, -0.2) is 16.9 Å². The molecule has 114 valence electrons. The molecule has 21 heavy (non-hydrogen) atoms. The van der Waals surface area contributed by atoms with Gasteiger partial charge in [-0.15, -0.1) is 0 Å². The summed E-state index contributed by atoms with van der Waals surface area (Å²) >= 11 is 0. The molecule has 0 atom stereocenters. The third-order valence-electron chi connectivity index (χ3n) is 4.19. The van der Waals surface area contributed by atoms with E-state index in [4.69, 9.17) is 10.5 Å². The lowest BCUT2D eigenvalue weighted by Crippen LogP contribution is -2.00. The number of aromatic nitrogens is 2. The molecule has 0 unspecified atom stereocenters. The molecule has 1 aromatic heterocycles. The van der Waals surface area contributed by atoms with Gasteiger partial charge in [0.1, 0.15) is 11.6 Å². The van der Waals surface area contributed by atoms with Crippen LogP contribution in [0.15, 0.2) is 18.2 Å². The summed E-state index contributed by atoms with van der Waals surface area (Å²) in [6, 6.07) is 6.21.